The van der Waals surface area contributed by atoms with Crippen molar-refractivity contribution in [2.24, 2.45) is 5.92 Å². The molecule has 0 radical (unpaired) electrons. The second kappa shape index (κ2) is 7.51. The Balaban J connectivity index is 1.84. The van der Waals surface area contributed by atoms with Crippen LogP contribution in [-0.2, 0) is 0 Å². The zero-order chi connectivity index (χ0) is 13.5. The van der Waals surface area contributed by atoms with Crippen molar-refractivity contribution in [2.75, 3.05) is 44.2 Å². The monoisotopic (exact) mass is 262 g/mol. The lowest BCUT2D eigenvalue weighted by molar-refractivity contribution is 0.195. The molecule has 106 valence electrons. The first-order valence-corrected chi connectivity index (χ1v) is 7.43. The van der Waals surface area contributed by atoms with E-state index in [0.717, 1.165) is 19.0 Å². The first-order chi connectivity index (χ1) is 9.29. The van der Waals surface area contributed by atoms with E-state index in [9.17, 15) is 5.11 Å². The number of nitrogens with zero attached hydrogens (tertiary/aromatic N) is 2. The quantitative estimate of drug-likeness (QED) is 0.851. The Morgan fingerprint density at radius 1 is 1.16 bits per heavy atom. The number of para-hydroxylation sites is 1. The van der Waals surface area contributed by atoms with Gasteiger partial charge < -0.3 is 14.9 Å². The Labute approximate surface area is 116 Å². The van der Waals surface area contributed by atoms with E-state index >= 15 is 0 Å². The SMILES string of the molecule is CC1CCN(CCN(CCO)c2ccccc2)CC1. The molecule has 1 fully saturated rings. The second-order valence-corrected chi connectivity index (χ2v) is 5.57. The van der Waals surface area contributed by atoms with Gasteiger partial charge in [-0.15, -0.1) is 0 Å². The number of rotatable bonds is 6. The van der Waals surface area contributed by atoms with Crippen LogP contribution in [0.2, 0.25) is 0 Å². The number of piperidine rings is 1. The third-order valence-corrected chi connectivity index (χ3v) is 4.05. The van der Waals surface area contributed by atoms with E-state index in [1.807, 2.05) is 6.07 Å². The van der Waals surface area contributed by atoms with E-state index < -0.39 is 0 Å². The van der Waals surface area contributed by atoms with Crippen LogP contribution in [0.1, 0.15) is 19.8 Å². The Kier molecular flexibility index (Phi) is 5.67. The maximum absolute atomic E-state index is 9.21. The van der Waals surface area contributed by atoms with Gasteiger partial charge >= 0.3 is 0 Å². The summed E-state index contributed by atoms with van der Waals surface area (Å²) in [6.07, 6.45) is 2.65. The minimum absolute atomic E-state index is 0.214. The molecule has 2 rings (SSSR count). The Morgan fingerprint density at radius 3 is 2.47 bits per heavy atom. The van der Waals surface area contributed by atoms with Crippen molar-refractivity contribution < 1.29 is 5.11 Å². The van der Waals surface area contributed by atoms with Gasteiger partial charge in [-0.2, -0.15) is 0 Å². The minimum atomic E-state index is 0.214. The maximum Gasteiger partial charge on any atom is 0.0606 e. The van der Waals surface area contributed by atoms with Crippen LogP contribution in [0.4, 0.5) is 5.69 Å². The lowest BCUT2D eigenvalue weighted by Gasteiger charge is -2.33. The molecular weight excluding hydrogens is 236 g/mol. The van der Waals surface area contributed by atoms with E-state index in [1.165, 1.54) is 31.6 Å². The van der Waals surface area contributed by atoms with Gasteiger partial charge in [0.25, 0.3) is 0 Å². The molecule has 1 aliphatic rings. The zero-order valence-corrected chi connectivity index (χ0v) is 12.0. The molecular formula is C16H26N2O. The summed E-state index contributed by atoms with van der Waals surface area (Å²) in [5.41, 5.74) is 1.21. The fourth-order valence-electron chi connectivity index (χ4n) is 2.68. The standard InChI is InChI=1S/C16H26N2O/c1-15-7-9-17(10-8-15)11-12-18(13-14-19)16-5-3-2-4-6-16/h2-6,15,19H,7-14H2,1H3. The van der Waals surface area contributed by atoms with Crippen molar-refractivity contribution in [1.29, 1.82) is 0 Å². The summed E-state index contributed by atoms with van der Waals surface area (Å²) < 4.78 is 0. The van der Waals surface area contributed by atoms with Gasteiger partial charge in [-0.1, -0.05) is 25.1 Å². The number of benzene rings is 1. The van der Waals surface area contributed by atoms with Crippen LogP contribution in [0.3, 0.4) is 0 Å². The van der Waals surface area contributed by atoms with E-state index in [-0.39, 0.29) is 6.61 Å². The third kappa shape index (κ3) is 4.51. The molecule has 0 spiro atoms. The van der Waals surface area contributed by atoms with E-state index in [2.05, 4.69) is 41.0 Å². The molecule has 1 aliphatic heterocycles. The van der Waals surface area contributed by atoms with Gasteiger partial charge in [0.1, 0.15) is 0 Å². The second-order valence-electron chi connectivity index (χ2n) is 5.57. The molecule has 3 heteroatoms. The van der Waals surface area contributed by atoms with Crippen molar-refractivity contribution in [1.82, 2.24) is 4.90 Å². The van der Waals surface area contributed by atoms with E-state index in [0.29, 0.717) is 6.54 Å². The number of anilines is 1. The largest absolute Gasteiger partial charge is 0.395 e. The first kappa shape index (κ1) is 14.4. The van der Waals surface area contributed by atoms with Crippen LogP contribution >= 0.6 is 0 Å². The molecule has 0 atom stereocenters. The molecule has 19 heavy (non-hydrogen) atoms. The minimum Gasteiger partial charge on any atom is -0.395 e. The predicted octanol–water partition coefficient (Wildman–Crippen LogP) is 2.22. The number of aliphatic hydroxyl groups excluding tert-OH is 1. The molecule has 0 saturated carbocycles. The van der Waals surface area contributed by atoms with Gasteiger partial charge in [-0.25, -0.2) is 0 Å². The molecule has 0 unspecified atom stereocenters. The Hall–Kier alpha value is -1.06. The lowest BCUT2D eigenvalue weighted by Crippen LogP contribution is -2.40. The predicted molar refractivity (Wildman–Crippen MR) is 80.6 cm³/mol. The maximum atomic E-state index is 9.21. The summed E-state index contributed by atoms with van der Waals surface area (Å²) in [6.45, 7) is 7.83. The Morgan fingerprint density at radius 2 is 1.84 bits per heavy atom. The van der Waals surface area contributed by atoms with Gasteiger partial charge in [0.15, 0.2) is 0 Å². The molecule has 0 aromatic heterocycles. The third-order valence-electron chi connectivity index (χ3n) is 4.05. The average Bonchev–Trinajstić information content (AvgIpc) is 2.46. The van der Waals surface area contributed by atoms with Gasteiger partial charge in [0.2, 0.25) is 0 Å². The smallest absolute Gasteiger partial charge is 0.0606 e. The highest BCUT2D eigenvalue weighted by Gasteiger charge is 2.16. The molecule has 1 N–H and O–H groups in total. The average molecular weight is 262 g/mol. The van der Waals surface area contributed by atoms with Gasteiger partial charge in [0, 0.05) is 25.3 Å². The highest BCUT2D eigenvalue weighted by Crippen LogP contribution is 2.17. The van der Waals surface area contributed by atoms with Crippen LogP contribution in [0.5, 0.6) is 0 Å². The highest BCUT2D eigenvalue weighted by atomic mass is 16.3. The normalized spacial score (nSPS) is 17.6. The summed E-state index contributed by atoms with van der Waals surface area (Å²) >= 11 is 0. The molecule has 3 nitrogen and oxygen atoms in total. The van der Waals surface area contributed by atoms with Crippen molar-refractivity contribution in [3.05, 3.63) is 30.3 Å². The van der Waals surface area contributed by atoms with Gasteiger partial charge in [-0.05, 0) is 44.0 Å². The molecule has 1 aromatic rings. The molecule has 0 aliphatic carbocycles. The number of aliphatic hydroxyl groups is 1. The first-order valence-electron chi connectivity index (χ1n) is 7.43. The summed E-state index contributed by atoms with van der Waals surface area (Å²) in [5.74, 6) is 0.888. The van der Waals surface area contributed by atoms with Crippen molar-refractivity contribution >= 4 is 5.69 Å². The van der Waals surface area contributed by atoms with Crippen molar-refractivity contribution in [3.63, 3.8) is 0 Å². The summed E-state index contributed by atoms with van der Waals surface area (Å²) in [5, 5.41) is 9.21. The summed E-state index contributed by atoms with van der Waals surface area (Å²) in [7, 11) is 0. The van der Waals surface area contributed by atoms with Crippen molar-refractivity contribution in [3.8, 4) is 0 Å². The fraction of sp³-hybridized carbons (Fsp3) is 0.625. The molecule has 1 saturated heterocycles. The lowest BCUT2D eigenvalue weighted by atomic mass is 9.99. The van der Waals surface area contributed by atoms with Gasteiger partial charge in [0.05, 0.1) is 6.61 Å². The zero-order valence-electron chi connectivity index (χ0n) is 12.0. The number of hydrogen-bond donors (Lipinski definition) is 1. The molecule has 1 heterocycles. The molecule has 0 bridgehead atoms. The fourth-order valence-corrected chi connectivity index (χ4v) is 2.68. The highest BCUT2D eigenvalue weighted by molar-refractivity contribution is 5.45. The molecule has 0 amide bonds. The van der Waals surface area contributed by atoms with Crippen LogP contribution < -0.4 is 4.90 Å². The number of likely N-dealkylation sites (tertiary alicyclic amines) is 1. The summed E-state index contributed by atoms with van der Waals surface area (Å²) in [6, 6.07) is 10.4. The summed E-state index contributed by atoms with van der Waals surface area (Å²) in [4.78, 5) is 4.82. The van der Waals surface area contributed by atoms with E-state index in [1.54, 1.807) is 0 Å². The van der Waals surface area contributed by atoms with Gasteiger partial charge in [-0.3, -0.25) is 0 Å². The van der Waals surface area contributed by atoms with Crippen LogP contribution in [-0.4, -0.2) is 49.3 Å². The van der Waals surface area contributed by atoms with Crippen molar-refractivity contribution in [2.45, 2.75) is 19.8 Å². The topological polar surface area (TPSA) is 26.7 Å². The Bertz CT molecular complexity index is 347. The van der Waals surface area contributed by atoms with Crippen LogP contribution in [0.15, 0.2) is 30.3 Å². The molecule has 1 aromatic carbocycles. The van der Waals surface area contributed by atoms with Crippen LogP contribution in [0, 0.1) is 5.92 Å². The number of hydrogen-bond acceptors (Lipinski definition) is 3. The van der Waals surface area contributed by atoms with E-state index in [4.69, 9.17) is 0 Å². The van der Waals surface area contributed by atoms with Crippen LogP contribution in [0.25, 0.3) is 0 Å².